The smallest absolute Gasteiger partial charge is 0.228 e. The van der Waals surface area contributed by atoms with Gasteiger partial charge in [0.2, 0.25) is 5.91 Å². The van der Waals surface area contributed by atoms with E-state index in [0.717, 1.165) is 13.1 Å². The van der Waals surface area contributed by atoms with Crippen LogP contribution in [0.2, 0.25) is 0 Å². The molecule has 5 heteroatoms. The van der Waals surface area contributed by atoms with Crippen molar-refractivity contribution in [2.45, 2.75) is 26.1 Å². The van der Waals surface area contributed by atoms with Gasteiger partial charge in [-0.1, -0.05) is 0 Å². The zero-order valence-corrected chi connectivity index (χ0v) is 10.6. The molecule has 2 heterocycles. The van der Waals surface area contributed by atoms with Gasteiger partial charge >= 0.3 is 0 Å². The molecule has 0 aromatic heterocycles. The third-order valence-corrected chi connectivity index (χ3v) is 3.42. The minimum absolute atomic E-state index is 0.0388. The lowest BCUT2D eigenvalue weighted by Crippen LogP contribution is -2.51. The lowest BCUT2D eigenvalue weighted by atomic mass is 10.0. The van der Waals surface area contributed by atoms with Crippen LogP contribution in [-0.2, 0) is 14.3 Å². The molecule has 2 aliphatic heterocycles. The Morgan fingerprint density at radius 1 is 1.18 bits per heavy atom. The molecule has 17 heavy (non-hydrogen) atoms. The first kappa shape index (κ1) is 12.8. The predicted molar refractivity (Wildman–Crippen MR) is 63.8 cm³/mol. The monoisotopic (exact) mass is 242 g/mol. The Balaban J connectivity index is 1.90. The van der Waals surface area contributed by atoms with Crippen LogP contribution in [-0.4, -0.2) is 62.4 Å². The first-order valence-electron chi connectivity index (χ1n) is 6.49. The average molecular weight is 242 g/mol. The molecule has 2 aliphatic rings. The summed E-state index contributed by atoms with van der Waals surface area (Å²) in [4.78, 5) is 14.0. The van der Waals surface area contributed by atoms with Gasteiger partial charge in [0.25, 0.3) is 0 Å². The molecule has 0 unspecified atom stereocenters. The summed E-state index contributed by atoms with van der Waals surface area (Å²) in [6.45, 7) is 8.26. The molecule has 0 aromatic carbocycles. The Hall–Kier alpha value is -0.650. The minimum Gasteiger partial charge on any atom is -0.374 e. The van der Waals surface area contributed by atoms with E-state index in [1.165, 1.54) is 0 Å². The van der Waals surface area contributed by atoms with Gasteiger partial charge in [-0.2, -0.15) is 0 Å². The van der Waals surface area contributed by atoms with Crippen LogP contribution < -0.4 is 5.32 Å². The normalized spacial score (nSPS) is 29.4. The number of amides is 1. The molecule has 98 valence electrons. The van der Waals surface area contributed by atoms with Crippen molar-refractivity contribution < 1.29 is 14.3 Å². The van der Waals surface area contributed by atoms with Gasteiger partial charge in [-0.3, -0.25) is 4.79 Å². The molecule has 0 bridgehead atoms. The van der Waals surface area contributed by atoms with Gasteiger partial charge in [0.15, 0.2) is 0 Å². The highest BCUT2D eigenvalue weighted by Gasteiger charge is 2.39. The average Bonchev–Trinajstić information content (AvgIpc) is 2.60. The second-order valence-corrected chi connectivity index (χ2v) is 4.59. The van der Waals surface area contributed by atoms with Gasteiger partial charge in [-0.05, 0) is 13.8 Å². The van der Waals surface area contributed by atoms with E-state index >= 15 is 0 Å². The van der Waals surface area contributed by atoms with Crippen molar-refractivity contribution in [2.75, 3.05) is 39.4 Å². The summed E-state index contributed by atoms with van der Waals surface area (Å²) in [5.41, 5.74) is 0. The molecule has 5 nitrogen and oxygen atoms in total. The summed E-state index contributed by atoms with van der Waals surface area (Å²) in [5.74, 6) is 0.410. The van der Waals surface area contributed by atoms with Crippen LogP contribution in [0.15, 0.2) is 0 Å². The molecule has 2 atom stereocenters. The number of rotatable bonds is 5. The fraction of sp³-hybridized carbons (Fsp3) is 0.917. The van der Waals surface area contributed by atoms with Crippen LogP contribution in [0.4, 0.5) is 0 Å². The standard InChI is InChI=1S/C12H22N2O3/c1-3-16-10-7-14(8-11(10)17-4-2)12(15)9-5-13-6-9/h9-11,13H,3-8H2,1-2H3/t10-,11+. The van der Waals surface area contributed by atoms with Crippen molar-refractivity contribution in [3.8, 4) is 0 Å². The van der Waals surface area contributed by atoms with E-state index in [4.69, 9.17) is 9.47 Å². The summed E-state index contributed by atoms with van der Waals surface area (Å²) in [7, 11) is 0. The largest absolute Gasteiger partial charge is 0.374 e. The summed E-state index contributed by atoms with van der Waals surface area (Å²) < 4.78 is 11.3. The van der Waals surface area contributed by atoms with Crippen LogP contribution in [0.5, 0.6) is 0 Å². The Morgan fingerprint density at radius 3 is 2.06 bits per heavy atom. The third-order valence-electron chi connectivity index (χ3n) is 3.42. The molecule has 1 N–H and O–H groups in total. The fourth-order valence-corrected chi connectivity index (χ4v) is 2.39. The Morgan fingerprint density at radius 2 is 1.71 bits per heavy atom. The topological polar surface area (TPSA) is 50.8 Å². The van der Waals surface area contributed by atoms with Crippen LogP contribution in [0.1, 0.15) is 13.8 Å². The maximum absolute atomic E-state index is 12.1. The number of nitrogens with one attached hydrogen (secondary N) is 1. The van der Waals surface area contributed by atoms with Crippen LogP contribution in [0.25, 0.3) is 0 Å². The third kappa shape index (κ3) is 2.78. The molecule has 0 aromatic rings. The molecule has 0 saturated carbocycles. The highest BCUT2D eigenvalue weighted by atomic mass is 16.5. The highest BCUT2D eigenvalue weighted by Crippen LogP contribution is 2.20. The lowest BCUT2D eigenvalue weighted by Gasteiger charge is -2.30. The maximum atomic E-state index is 12.1. The van der Waals surface area contributed by atoms with E-state index in [2.05, 4.69) is 5.32 Å². The second kappa shape index (κ2) is 5.80. The van der Waals surface area contributed by atoms with E-state index in [0.29, 0.717) is 26.3 Å². The first-order valence-corrected chi connectivity index (χ1v) is 6.49. The lowest BCUT2D eigenvalue weighted by molar-refractivity contribution is -0.136. The molecular weight excluding hydrogens is 220 g/mol. The zero-order chi connectivity index (χ0) is 12.3. The van der Waals surface area contributed by atoms with E-state index in [1.807, 2.05) is 18.7 Å². The highest BCUT2D eigenvalue weighted by molar-refractivity contribution is 5.80. The maximum Gasteiger partial charge on any atom is 0.228 e. The van der Waals surface area contributed by atoms with Crippen molar-refractivity contribution in [2.24, 2.45) is 5.92 Å². The van der Waals surface area contributed by atoms with Crippen LogP contribution >= 0.6 is 0 Å². The van der Waals surface area contributed by atoms with Crippen molar-refractivity contribution in [3.05, 3.63) is 0 Å². The van der Waals surface area contributed by atoms with E-state index in [1.54, 1.807) is 0 Å². The minimum atomic E-state index is 0.0388. The molecule has 2 saturated heterocycles. The molecule has 0 radical (unpaired) electrons. The van der Waals surface area contributed by atoms with Gasteiger partial charge in [0.05, 0.1) is 5.92 Å². The predicted octanol–water partition coefficient (Wildman–Crippen LogP) is -0.142. The Labute approximate surface area is 102 Å². The molecule has 1 amide bonds. The number of ether oxygens (including phenoxy) is 2. The molecule has 2 rings (SSSR count). The molecule has 2 fully saturated rings. The number of hydrogen-bond donors (Lipinski definition) is 1. The van der Waals surface area contributed by atoms with E-state index in [9.17, 15) is 4.79 Å². The molecular formula is C12H22N2O3. The van der Waals surface area contributed by atoms with Gasteiger partial charge in [0, 0.05) is 39.4 Å². The summed E-state index contributed by atoms with van der Waals surface area (Å²) in [6.07, 6.45) is 0.0777. The first-order chi connectivity index (χ1) is 8.26. The van der Waals surface area contributed by atoms with Gasteiger partial charge in [0.1, 0.15) is 12.2 Å². The van der Waals surface area contributed by atoms with Crippen LogP contribution in [0.3, 0.4) is 0 Å². The second-order valence-electron chi connectivity index (χ2n) is 4.59. The van der Waals surface area contributed by atoms with Crippen molar-refractivity contribution in [1.82, 2.24) is 10.2 Å². The Kier molecular flexibility index (Phi) is 4.36. The number of carbonyl (C=O) groups excluding carboxylic acids is 1. The zero-order valence-electron chi connectivity index (χ0n) is 10.6. The summed E-state index contributed by atoms with van der Waals surface area (Å²) in [5, 5.41) is 3.13. The Bertz CT molecular complexity index is 254. The summed E-state index contributed by atoms with van der Waals surface area (Å²) >= 11 is 0. The summed E-state index contributed by atoms with van der Waals surface area (Å²) in [6, 6.07) is 0. The van der Waals surface area contributed by atoms with E-state index in [-0.39, 0.29) is 24.0 Å². The number of nitrogens with zero attached hydrogens (tertiary/aromatic N) is 1. The van der Waals surface area contributed by atoms with Gasteiger partial charge in [-0.15, -0.1) is 0 Å². The van der Waals surface area contributed by atoms with Crippen molar-refractivity contribution >= 4 is 5.91 Å². The van der Waals surface area contributed by atoms with Crippen molar-refractivity contribution in [1.29, 1.82) is 0 Å². The number of hydrogen-bond acceptors (Lipinski definition) is 4. The SMILES string of the molecule is CCO[C@H]1CN(C(=O)C2CNC2)C[C@H]1OCC. The van der Waals surface area contributed by atoms with Crippen molar-refractivity contribution in [3.63, 3.8) is 0 Å². The van der Waals surface area contributed by atoms with E-state index < -0.39 is 0 Å². The van der Waals surface area contributed by atoms with Gasteiger partial charge < -0.3 is 19.7 Å². The number of carbonyl (C=O) groups is 1. The van der Waals surface area contributed by atoms with Crippen LogP contribution in [0, 0.1) is 5.92 Å². The molecule has 0 spiro atoms. The fourth-order valence-electron chi connectivity index (χ4n) is 2.39. The quantitative estimate of drug-likeness (QED) is 0.729. The molecule has 0 aliphatic carbocycles. The van der Waals surface area contributed by atoms with Gasteiger partial charge in [-0.25, -0.2) is 0 Å². The number of likely N-dealkylation sites (tertiary alicyclic amines) is 1.